The van der Waals surface area contributed by atoms with Crippen LogP contribution in [0.1, 0.15) is 15.9 Å². The van der Waals surface area contributed by atoms with E-state index in [9.17, 15) is 9.59 Å². The van der Waals surface area contributed by atoms with Crippen molar-refractivity contribution in [3.8, 4) is 0 Å². The van der Waals surface area contributed by atoms with Gasteiger partial charge in [-0.3, -0.25) is 4.79 Å². The first-order chi connectivity index (χ1) is 8.04. The number of carbonyl (C=O) groups is 1. The van der Waals surface area contributed by atoms with Crippen molar-refractivity contribution >= 4 is 16.9 Å². The van der Waals surface area contributed by atoms with E-state index in [-0.39, 0.29) is 11.1 Å². The highest BCUT2D eigenvalue weighted by Crippen LogP contribution is 2.15. The number of methoxy groups -OCH3 is 1. The summed E-state index contributed by atoms with van der Waals surface area (Å²) in [6.07, 6.45) is 0. The maximum Gasteiger partial charge on any atom is 0.343 e. The number of esters is 1. The van der Waals surface area contributed by atoms with Crippen LogP contribution in [0.3, 0.4) is 0 Å². The number of benzene rings is 1. The van der Waals surface area contributed by atoms with Gasteiger partial charge in [-0.15, -0.1) is 0 Å². The predicted octanol–water partition coefficient (Wildman–Crippen LogP) is 1.63. The van der Waals surface area contributed by atoms with Gasteiger partial charge in [-0.2, -0.15) is 0 Å². The van der Waals surface area contributed by atoms with Crippen molar-refractivity contribution in [3.05, 3.63) is 45.7 Å². The minimum Gasteiger partial charge on any atom is -0.465 e. The second-order valence-electron chi connectivity index (χ2n) is 3.98. The van der Waals surface area contributed by atoms with Crippen molar-refractivity contribution in [1.82, 2.24) is 4.57 Å². The van der Waals surface area contributed by atoms with Gasteiger partial charge in [-0.1, -0.05) is 11.6 Å². The monoisotopic (exact) mass is 231 g/mol. The normalized spacial score (nSPS) is 10.5. The molecule has 88 valence electrons. The number of aryl methyl sites for hydroxylation is 2. The highest BCUT2D eigenvalue weighted by molar-refractivity contribution is 5.93. The summed E-state index contributed by atoms with van der Waals surface area (Å²) in [5, 5.41) is 0.854. The zero-order valence-electron chi connectivity index (χ0n) is 9.98. The van der Waals surface area contributed by atoms with E-state index >= 15 is 0 Å². The van der Waals surface area contributed by atoms with Gasteiger partial charge in [0.1, 0.15) is 5.56 Å². The van der Waals surface area contributed by atoms with E-state index < -0.39 is 5.97 Å². The summed E-state index contributed by atoms with van der Waals surface area (Å²) < 4.78 is 6.06. The van der Waals surface area contributed by atoms with Crippen LogP contribution in [-0.4, -0.2) is 17.6 Å². The van der Waals surface area contributed by atoms with Crippen LogP contribution in [-0.2, 0) is 11.8 Å². The summed E-state index contributed by atoms with van der Waals surface area (Å²) in [4.78, 5) is 23.4. The Morgan fingerprint density at radius 2 is 2.00 bits per heavy atom. The van der Waals surface area contributed by atoms with Crippen LogP contribution in [0.2, 0.25) is 0 Å². The van der Waals surface area contributed by atoms with Crippen LogP contribution in [0.15, 0.2) is 29.1 Å². The van der Waals surface area contributed by atoms with Crippen molar-refractivity contribution in [2.45, 2.75) is 6.92 Å². The maximum atomic E-state index is 11.9. The molecule has 0 atom stereocenters. The highest BCUT2D eigenvalue weighted by Gasteiger charge is 2.14. The average Bonchev–Trinajstić information content (AvgIpc) is 2.32. The second kappa shape index (κ2) is 4.05. The summed E-state index contributed by atoms with van der Waals surface area (Å²) in [5.74, 6) is -0.603. The molecule has 0 saturated carbocycles. The molecule has 0 N–H and O–H groups in total. The number of hydrogen-bond donors (Lipinski definition) is 0. The molecular weight excluding hydrogens is 218 g/mol. The largest absolute Gasteiger partial charge is 0.465 e. The summed E-state index contributed by atoms with van der Waals surface area (Å²) in [6, 6.07) is 7.31. The number of aromatic nitrogens is 1. The molecule has 0 aliphatic heterocycles. The molecule has 0 bridgehead atoms. The zero-order chi connectivity index (χ0) is 12.6. The maximum absolute atomic E-state index is 11.9. The van der Waals surface area contributed by atoms with Gasteiger partial charge in [0, 0.05) is 7.05 Å². The number of ether oxygens (including phenoxy) is 1. The molecule has 0 amide bonds. The van der Waals surface area contributed by atoms with Gasteiger partial charge >= 0.3 is 5.97 Å². The number of carbonyl (C=O) groups excluding carboxylic acids is 1. The molecule has 0 aliphatic rings. The molecule has 1 aromatic heterocycles. The van der Waals surface area contributed by atoms with Gasteiger partial charge in [-0.05, 0) is 30.5 Å². The van der Waals surface area contributed by atoms with E-state index in [0.717, 1.165) is 16.5 Å². The van der Waals surface area contributed by atoms with Crippen molar-refractivity contribution in [2.75, 3.05) is 7.11 Å². The molecule has 4 heteroatoms. The van der Waals surface area contributed by atoms with Crippen LogP contribution < -0.4 is 5.56 Å². The summed E-state index contributed by atoms with van der Waals surface area (Å²) in [6.45, 7) is 1.96. The van der Waals surface area contributed by atoms with Gasteiger partial charge in [0.05, 0.1) is 12.6 Å². The quantitative estimate of drug-likeness (QED) is 0.701. The molecule has 0 aliphatic carbocycles. The van der Waals surface area contributed by atoms with Crippen LogP contribution in [0.5, 0.6) is 0 Å². The Kier molecular flexibility index (Phi) is 2.71. The van der Waals surface area contributed by atoms with Crippen LogP contribution in [0.4, 0.5) is 0 Å². The molecule has 17 heavy (non-hydrogen) atoms. The van der Waals surface area contributed by atoms with E-state index in [1.807, 2.05) is 25.1 Å². The van der Waals surface area contributed by atoms with Gasteiger partial charge in [0.25, 0.3) is 5.56 Å². The van der Waals surface area contributed by atoms with Crippen molar-refractivity contribution in [3.63, 3.8) is 0 Å². The SMILES string of the molecule is COC(=O)c1cc2cc(C)ccc2n(C)c1=O. The number of hydrogen-bond acceptors (Lipinski definition) is 3. The third kappa shape index (κ3) is 1.82. The van der Waals surface area contributed by atoms with Crippen LogP contribution in [0, 0.1) is 6.92 Å². The highest BCUT2D eigenvalue weighted by atomic mass is 16.5. The molecule has 1 heterocycles. The van der Waals surface area contributed by atoms with Gasteiger partial charge < -0.3 is 9.30 Å². The first-order valence-corrected chi connectivity index (χ1v) is 5.23. The van der Waals surface area contributed by atoms with Crippen molar-refractivity contribution in [2.24, 2.45) is 7.05 Å². The molecule has 2 aromatic rings. The topological polar surface area (TPSA) is 48.3 Å². The molecule has 4 nitrogen and oxygen atoms in total. The summed E-state index contributed by atoms with van der Waals surface area (Å²) >= 11 is 0. The lowest BCUT2D eigenvalue weighted by atomic mass is 10.1. The first-order valence-electron chi connectivity index (χ1n) is 5.23. The Balaban J connectivity index is 2.85. The van der Waals surface area contributed by atoms with E-state index in [1.165, 1.54) is 11.7 Å². The predicted molar refractivity (Wildman–Crippen MR) is 65.3 cm³/mol. The molecule has 2 rings (SSSR count). The zero-order valence-corrected chi connectivity index (χ0v) is 9.98. The molecule has 0 unspecified atom stereocenters. The molecular formula is C13H13NO3. The van der Waals surface area contributed by atoms with E-state index in [4.69, 9.17) is 0 Å². The van der Waals surface area contributed by atoms with Crippen LogP contribution >= 0.6 is 0 Å². The standard InChI is InChI=1S/C13H13NO3/c1-8-4-5-11-9(6-8)7-10(13(16)17-3)12(15)14(11)2/h4-7H,1-3H3. The van der Waals surface area contributed by atoms with E-state index in [0.29, 0.717) is 0 Å². The average molecular weight is 231 g/mol. The Morgan fingerprint density at radius 1 is 1.29 bits per heavy atom. The number of fused-ring (bicyclic) bond motifs is 1. The van der Waals surface area contributed by atoms with Crippen molar-refractivity contribution < 1.29 is 9.53 Å². The molecule has 1 aromatic carbocycles. The van der Waals surface area contributed by atoms with Crippen LogP contribution in [0.25, 0.3) is 10.9 Å². The summed E-state index contributed by atoms with van der Waals surface area (Å²) in [5.41, 5.74) is 1.60. The Labute approximate surface area is 98.4 Å². The molecule has 0 saturated heterocycles. The Morgan fingerprint density at radius 3 is 2.65 bits per heavy atom. The smallest absolute Gasteiger partial charge is 0.343 e. The minimum atomic E-state index is -0.603. The fourth-order valence-electron chi connectivity index (χ4n) is 1.86. The first kappa shape index (κ1) is 11.4. The fourth-order valence-corrected chi connectivity index (χ4v) is 1.86. The molecule has 0 spiro atoms. The van der Waals surface area contributed by atoms with Gasteiger partial charge in [0.15, 0.2) is 0 Å². The van der Waals surface area contributed by atoms with E-state index in [1.54, 1.807) is 13.1 Å². The number of pyridine rings is 1. The third-order valence-corrected chi connectivity index (χ3v) is 2.78. The Hall–Kier alpha value is -2.10. The summed E-state index contributed by atoms with van der Waals surface area (Å²) in [7, 11) is 2.91. The second-order valence-corrected chi connectivity index (χ2v) is 3.98. The van der Waals surface area contributed by atoms with E-state index in [2.05, 4.69) is 4.74 Å². The van der Waals surface area contributed by atoms with Gasteiger partial charge in [-0.25, -0.2) is 4.79 Å². The third-order valence-electron chi connectivity index (χ3n) is 2.78. The number of nitrogens with zero attached hydrogens (tertiary/aromatic N) is 1. The molecule has 0 fully saturated rings. The lowest BCUT2D eigenvalue weighted by molar-refractivity contribution is 0.0598. The lowest BCUT2D eigenvalue weighted by Gasteiger charge is -2.08. The lowest BCUT2D eigenvalue weighted by Crippen LogP contribution is -2.25. The fraction of sp³-hybridized carbons (Fsp3) is 0.231. The molecule has 0 radical (unpaired) electrons. The minimum absolute atomic E-state index is 0.0631. The van der Waals surface area contributed by atoms with Gasteiger partial charge in [0.2, 0.25) is 0 Å². The van der Waals surface area contributed by atoms with Crippen molar-refractivity contribution in [1.29, 1.82) is 0 Å². The number of rotatable bonds is 1. The Bertz CT molecular complexity index is 655.